The molecule has 4 nitrogen and oxygen atoms in total. The van der Waals surface area contributed by atoms with Crippen molar-refractivity contribution in [2.75, 3.05) is 7.11 Å². The number of esters is 1. The van der Waals surface area contributed by atoms with Gasteiger partial charge in [0.05, 0.1) is 12.7 Å². The second-order valence-corrected chi connectivity index (χ2v) is 4.65. The molecule has 0 saturated carbocycles. The molecule has 2 aromatic rings. The number of carbonyl (C=O) groups is 1. The predicted molar refractivity (Wildman–Crippen MR) is 75.2 cm³/mol. The summed E-state index contributed by atoms with van der Waals surface area (Å²) >= 11 is 0. The van der Waals surface area contributed by atoms with Crippen molar-refractivity contribution in [3.8, 4) is 0 Å². The normalized spacial score (nSPS) is 13.3. The first-order valence-corrected chi connectivity index (χ1v) is 6.47. The number of rotatable bonds is 2. The van der Waals surface area contributed by atoms with Gasteiger partial charge in [-0.05, 0) is 41.7 Å². The monoisotopic (exact) mass is 266 g/mol. The summed E-state index contributed by atoms with van der Waals surface area (Å²) in [7, 11) is 1.39. The topological polar surface area (TPSA) is 52.1 Å². The van der Waals surface area contributed by atoms with E-state index in [1.807, 2.05) is 18.2 Å². The molecule has 1 aliphatic carbocycles. The molecule has 0 N–H and O–H groups in total. The number of aromatic nitrogens is 2. The zero-order chi connectivity index (χ0) is 13.9. The lowest BCUT2D eigenvalue weighted by Gasteiger charge is -2.18. The van der Waals surface area contributed by atoms with E-state index in [9.17, 15) is 4.79 Å². The van der Waals surface area contributed by atoms with Crippen LogP contribution in [0.2, 0.25) is 0 Å². The first-order valence-electron chi connectivity index (χ1n) is 6.47. The van der Waals surface area contributed by atoms with Crippen molar-refractivity contribution in [3.05, 3.63) is 65.2 Å². The van der Waals surface area contributed by atoms with Crippen molar-refractivity contribution in [3.63, 3.8) is 0 Å². The van der Waals surface area contributed by atoms with E-state index >= 15 is 0 Å². The van der Waals surface area contributed by atoms with Crippen molar-refractivity contribution in [1.82, 2.24) is 9.97 Å². The van der Waals surface area contributed by atoms with Crippen molar-refractivity contribution in [2.24, 2.45) is 0 Å². The summed E-state index contributed by atoms with van der Waals surface area (Å²) < 4.78 is 4.79. The zero-order valence-electron chi connectivity index (χ0n) is 11.2. The molecule has 0 saturated heterocycles. The molecule has 0 bridgehead atoms. The lowest BCUT2D eigenvalue weighted by Crippen LogP contribution is -2.06. The van der Waals surface area contributed by atoms with Gasteiger partial charge in [-0.3, -0.25) is 0 Å². The minimum Gasteiger partial charge on any atom is -0.465 e. The molecule has 20 heavy (non-hydrogen) atoms. The van der Waals surface area contributed by atoms with Gasteiger partial charge in [-0.1, -0.05) is 12.1 Å². The third kappa shape index (κ3) is 2.20. The van der Waals surface area contributed by atoms with Gasteiger partial charge in [-0.15, -0.1) is 0 Å². The fourth-order valence-electron chi connectivity index (χ4n) is 2.48. The summed E-state index contributed by atoms with van der Waals surface area (Å²) in [5, 5.41) is 0. The first kappa shape index (κ1) is 12.5. The molecule has 0 unspecified atom stereocenters. The van der Waals surface area contributed by atoms with Gasteiger partial charge in [-0.2, -0.15) is 0 Å². The molecule has 4 heteroatoms. The van der Waals surface area contributed by atoms with Crippen LogP contribution in [-0.2, 0) is 11.2 Å². The SMILES string of the molecule is COC(=O)c1ccc2c(c1)C(c1cncnc1)=CCC2. The Morgan fingerprint density at radius 3 is 2.80 bits per heavy atom. The molecule has 0 aliphatic heterocycles. The second kappa shape index (κ2) is 5.25. The average molecular weight is 266 g/mol. The Morgan fingerprint density at radius 2 is 2.05 bits per heavy atom. The Hall–Kier alpha value is -2.49. The Labute approximate surface area is 117 Å². The molecular weight excluding hydrogens is 252 g/mol. The lowest BCUT2D eigenvalue weighted by atomic mass is 9.87. The number of hydrogen-bond acceptors (Lipinski definition) is 4. The van der Waals surface area contributed by atoms with Crippen LogP contribution in [-0.4, -0.2) is 23.0 Å². The highest BCUT2D eigenvalue weighted by Gasteiger charge is 2.17. The van der Waals surface area contributed by atoms with Gasteiger partial charge < -0.3 is 4.74 Å². The molecule has 0 fully saturated rings. The Kier molecular flexibility index (Phi) is 3.29. The number of hydrogen-bond donors (Lipinski definition) is 0. The number of allylic oxidation sites excluding steroid dienone is 1. The van der Waals surface area contributed by atoms with Crippen LogP contribution in [0.15, 0.2) is 43.0 Å². The molecule has 0 radical (unpaired) electrons. The highest BCUT2D eigenvalue weighted by Crippen LogP contribution is 2.31. The van der Waals surface area contributed by atoms with Crippen LogP contribution in [0, 0.1) is 0 Å². The number of benzene rings is 1. The Balaban J connectivity index is 2.09. The highest BCUT2D eigenvalue weighted by atomic mass is 16.5. The fraction of sp³-hybridized carbons (Fsp3) is 0.188. The van der Waals surface area contributed by atoms with Gasteiger partial charge in [0.1, 0.15) is 6.33 Å². The van der Waals surface area contributed by atoms with Gasteiger partial charge in [0.15, 0.2) is 0 Å². The minimum atomic E-state index is -0.318. The van der Waals surface area contributed by atoms with Gasteiger partial charge >= 0.3 is 5.97 Å². The average Bonchev–Trinajstić information content (AvgIpc) is 2.54. The van der Waals surface area contributed by atoms with Crippen molar-refractivity contribution < 1.29 is 9.53 Å². The maximum atomic E-state index is 11.7. The quantitative estimate of drug-likeness (QED) is 0.784. The van der Waals surface area contributed by atoms with Gasteiger partial charge in [-0.25, -0.2) is 14.8 Å². The molecule has 1 heterocycles. The maximum absolute atomic E-state index is 11.7. The molecule has 1 aliphatic rings. The van der Waals surface area contributed by atoms with Crippen molar-refractivity contribution in [2.45, 2.75) is 12.8 Å². The van der Waals surface area contributed by atoms with Gasteiger partial charge in [0.2, 0.25) is 0 Å². The standard InChI is InChI=1S/C16H14N2O2/c1-20-16(19)12-6-5-11-3-2-4-14(15(11)7-12)13-8-17-10-18-9-13/h4-10H,2-3H2,1H3. The number of methoxy groups -OCH3 is 1. The first-order chi connectivity index (χ1) is 9.79. The maximum Gasteiger partial charge on any atom is 0.337 e. The van der Waals surface area contributed by atoms with E-state index in [2.05, 4.69) is 16.0 Å². The Bertz CT molecular complexity index is 678. The number of nitrogens with zero attached hydrogens (tertiary/aromatic N) is 2. The zero-order valence-corrected chi connectivity index (χ0v) is 11.2. The molecule has 1 aromatic carbocycles. The van der Waals surface area contributed by atoms with Crippen LogP contribution < -0.4 is 0 Å². The van der Waals surface area contributed by atoms with Crippen LogP contribution in [0.3, 0.4) is 0 Å². The van der Waals surface area contributed by atoms with E-state index < -0.39 is 0 Å². The van der Waals surface area contributed by atoms with Crippen molar-refractivity contribution in [1.29, 1.82) is 0 Å². The van der Waals surface area contributed by atoms with Gasteiger partial charge in [0, 0.05) is 18.0 Å². The van der Waals surface area contributed by atoms with Crippen LogP contribution in [0.5, 0.6) is 0 Å². The molecule has 100 valence electrons. The number of fused-ring (bicyclic) bond motifs is 1. The van der Waals surface area contributed by atoms with Crippen LogP contribution in [0.25, 0.3) is 5.57 Å². The van der Waals surface area contributed by atoms with Crippen LogP contribution in [0.1, 0.15) is 33.5 Å². The summed E-state index contributed by atoms with van der Waals surface area (Å²) in [5.74, 6) is -0.318. The highest BCUT2D eigenvalue weighted by molar-refractivity contribution is 5.92. The molecule has 0 spiro atoms. The van der Waals surface area contributed by atoms with E-state index in [1.165, 1.54) is 19.0 Å². The van der Waals surface area contributed by atoms with E-state index in [0.717, 1.165) is 29.5 Å². The predicted octanol–water partition coefficient (Wildman–Crippen LogP) is 2.64. The number of ether oxygens (including phenoxy) is 1. The largest absolute Gasteiger partial charge is 0.465 e. The van der Waals surface area contributed by atoms with Crippen LogP contribution in [0.4, 0.5) is 0 Å². The van der Waals surface area contributed by atoms with E-state index in [4.69, 9.17) is 4.74 Å². The molecule has 0 amide bonds. The molecular formula is C16H14N2O2. The number of aryl methyl sites for hydroxylation is 1. The van der Waals surface area contributed by atoms with E-state index in [0.29, 0.717) is 5.56 Å². The number of carbonyl (C=O) groups excluding carboxylic acids is 1. The fourth-order valence-corrected chi connectivity index (χ4v) is 2.48. The third-order valence-electron chi connectivity index (χ3n) is 3.45. The summed E-state index contributed by atoms with van der Waals surface area (Å²) in [6.45, 7) is 0. The van der Waals surface area contributed by atoms with E-state index in [1.54, 1.807) is 12.4 Å². The van der Waals surface area contributed by atoms with Crippen LogP contribution >= 0.6 is 0 Å². The molecule has 3 rings (SSSR count). The summed E-state index contributed by atoms with van der Waals surface area (Å²) in [5.41, 5.74) is 4.91. The second-order valence-electron chi connectivity index (χ2n) is 4.65. The van der Waals surface area contributed by atoms with E-state index in [-0.39, 0.29) is 5.97 Å². The summed E-state index contributed by atoms with van der Waals surface area (Å²) in [4.78, 5) is 19.8. The van der Waals surface area contributed by atoms with Crippen molar-refractivity contribution >= 4 is 11.5 Å². The molecule has 1 aromatic heterocycles. The minimum absolute atomic E-state index is 0.318. The van der Waals surface area contributed by atoms with Gasteiger partial charge in [0.25, 0.3) is 0 Å². The smallest absolute Gasteiger partial charge is 0.337 e. The molecule has 0 atom stereocenters. The summed E-state index contributed by atoms with van der Waals surface area (Å²) in [6, 6.07) is 5.70. The third-order valence-corrected chi connectivity index (χ3v) is 3.45. The summed E-state index contributed by atoms with van der Waals surface area (Å²) in [6.07, 6.45) is 9.22. The Morgan fingerprint density at radius 1 is 1.25 bits per heavy atom. The lowest BCUT2D eigenvalue weighted by molar-refractivity contribution is 0.0600.